The van der Waals surface area contributed by atoms with Crippen LogP contribution >= 0.6 is 0 Å². The van der Waals surface area contributed by atoms with Crippen molar-refractivity contribution in [2.75, 3.05) is 0 Å². The van der Waals surface area contributed by atoms with E-state index in [2.05, 4.69) is 312 Å². The highest BCUT2D eigenvalue weighted by Gasteiger charge is 2.44. The molecule has 108 heavy (non-hydrogen) atoms. The molecule has 1 unspecified atom stereocenters. The van der Waals surface area contributed by atoms with E-state index in [1.54, 1.807) is 0 Å². The Morgan fingerprint density at radius 2 is 0.685 bits per heavy atom. The Hall–Kier alpha value is -13.8. The lowest BCUT2D eigenvalue weighted by Crippen LogP contribution is -2.24. The third kappa shape index (κ3) is 10.5. The standard InChI is InChI=1S/C100H66N4O4/c1-99(2)79-30-14-12-28-77(79)93-81(99)46-50-89-95(93)107-91-55-69(43-48-87(91)105-89)63-32-37-66(38-33-63)84-58-86(73-42-45-76-71(54-73)41-36-64-21-10-11-27-75(64)76)104-98(102-84)74-26-16-18-60(52-74)59-100(3)80-31-15-13-29-78(80)94-82(100)47-51-90-96(94)108-92-56-70(44-49-88(92)106-90)68-24-17-25-72(53-68)85-57-83(65-22-8-5-9-23-65)101-97(103-85)67-39-34-62(35-40-67)61-19-6-4-7-20-61/h4-58H,59H2,1-3H3. The van der Waals surface area contributed by atoms with E-state index in [0.717, 1.165) is 129 Å². The number of fused-ring (bicyclic) bond motifs is 15. The van der Waals surface area contributed by atoms with Crippen molar-refractivity contribution in [3.05, 3.63) is 361 Å². The summed E-state index contributed by atoms with van der Waals surface area (Å²) in [4.78, 5) is 21.3. The summed E-state index contributed by atoms with van der Waals surface area (Å²) in [5.41, 5.74) is 25.4. The maximum atomic E-state index is 7.19. The van der Waals surface area contributed by atoms with Crippen molar-refractivity contribution in [1.82, 2.24) is 19.9 Å². The first-order valence-electron chi connectivity index (χ1n) is 36.8. The third-order valence-electron chi connectivity index (χ3n) is 22.5. The molecule has 2 aromatic heterocycles. The van der Waals surface area contributed by atoms with Gasteiger partial charge in [-0.15, -0.1) is 0 Å². The summed E-state index contributed by atoms with van der Waals surface area (Å²) >= 11 is 0. The monoisotopic (exact) mass is 1390 g/mol. The summed E-state index contributed by atoms with van der Waals surface area (Å²) in [6.07, 6.45) is 0.691. The molecule has 0 amide bonds. The van der Waals surface area contributed by atoms with Crippen molar-refractivity contribution in [3.8, 4) is 169 Å². The Labute approximate surface area is 625 Å². The number of ether oxygens (including phenoxy) is 4. The van der Waals surface area contributed by atoms with Crippen LogP contribution in [0.5, 0.6) is 46.0 Å². The summed E-state index contributed by atoms with van der Waals surface area (Å²) in [6.45, 7) is 6.93. The van der Waals surface area contributed by atoms with E-state index in [1.165, 1.54) is 44.0 Å². The van der Waals surface area contributed by atoms with Crippen LogP contribution in [0.4, 0.5) is 0 Å². The second-order valence-corrected chi connectivity index (χ2v) is 29.4. The molecule has 0 radical (unpaired) electrons. The molecule has 0 bridgehead atoms. The quantitative estimate of drug-likeness (QED) is 0.118. The maximum Gasteiger partial charge on any atom is 0.178 e. The van der Waals surface area contributed by atoms with Gasteiger partial charge in [0.1, 0.15) is 0 Å². The van der Waals surface area contributed by atoms with Gasteiger partial charge in [0.2, 0.25) is 0 Å². The number of aromatic nitrogens is 4. The number of nitrogens with zero attached hydrogens (tertiary/aromatic N) is 4. The lowest BCUT2D eigenvalue weighted by molar-refractivity contribution is 0.360. The second-order valence-electron chi connectivity index (χ2n) is 29.4. The van der Waals surface area contributed by atoms with Gasteiger partial charge >= 0.3 is 0 Å². The van der Waals surface area contributed by atoms with E-state index in [1.807, 2.05) is 42.5 Å². The highest BCUT2D eigenvalue weighted by Crippen LogP contribution is 2.61. The minimum atomic E-state index is -0.464. The molecule has 0 fully saturated rings. The Balaban J connectivity index is 0.594. The highest BCUT2D eigenvalue weighted by atomic mass is 16.6. The fourth-order valence-electron chi connectivity index (χ4n) is 17.0. The van der Waals surface area contributed by atoms with Crippen LogP contribution in [-0.2, 0) is 17.3 Å². The first kappa shape index (κ1) is 62.7. The molecule has 4 aliphatic rings. The Morgan fingerprint density at radius 1 is 0.250 bits per heavy atom. The summed E-state index contributed by atoms with van der Waals surface area (Å²) in [5, 5.41) is 4.78. The van der Waals surface area contributed by atoms with Crippen LogP contribution in [0, 0.1) is 0 Å². The number of hydrogen-bond donors (Lipinski definition) is 0. The van der Waals surface area contributed by atoms with Gasteiger partial charge in [-0.2, -0.15) is 0 Å². The average molecular weight is 1390 g/mol. The zero-order valence-electron chi connectivity index (χ0n) is 59.4. The molecular weight excluding hydrogens is 1320 g/mol. The molecule has 2 aliphatic carbocycles. The SMILES string of the molecule is CC1(C)c2ccccc2-c2c1ccc1c2Oc2cc(-c3ccc(-c4cc(-c5ccc6c(ccc7ccccc76)c5)nc(-c5cccc(CC6(C)c7ccccc7-c7c6ccc6c7Oc7cc(-c8cccc(-c9cc(-c%10ccccc%10)nc(-c%10ccc(-c%11ccccc%11)cc%10)n9)c8)ccc7O6)c5)n4)cc3)ccc2O1. The van der Waals surface area contributed by atoms with E-state index < -0.39 is 5.41 Å². The van der Waals surface area contributed by atoms with Crippen LogP contribution in [0.2, 0.25) is 0 Å². The second kappa shape index (κ2) is 24.7. The lowest BCUT2D eigenvalue weighted by Gasteiger charge is -2.29. The maximum absolute atomic E-state index is 7.19. The number of hydrogen-bond acceptors (Lipinski definition) is 8. The molecule has 0 spiro atoms. The van der Waals surface area contributed by atoms with Crippen LogP contribution < -0.4 is 18.9 Å². The largest absolute Gasteiger partial charge is 0.449 e. The van der Waals surface area contributed by atoms with Crippen LogP contribution in [0.15, 0.2) is 334 Å². The van der Waals surface area contributed by atoms with E-state index >= 15 is 0 Å². The predicted octanol–water partition coefficient (Wildman–Crippen LogP) is 26.2. The molecule has 4 heterocycles. The minimum Gasteiger partial charge on any atom is -0.449 e. The molecule has 2 aliphatic heterocycles. The minimum absolute atomic E-state index is 0.166. The van der Waals surface area contributed by atoms with Gasteiger partial charge in [0.15, 0.2) is 57.6 Å². The average Bonchev–Trinajstić information content (AvgIpc) is 1.56. The predicted molar refractivity (Wildman–Crippen MR) is 434 cm³/mol. The van der Waals surface area contributed by atoms with Gasteiger partial charge in [-0.25, -0.2) is 19.9 Å². The van der Waals surface area contributed by atoms with Crippen molar-refractivity contribution in [1.29, 1.82) is 0 Å². The van der Waals surface area contributed by atoms with Gasteiger partial charge in [-0.1, -0.05) is 288 Å². The van der Waals surface area contributed by atoms with Crippen molar-refractivity contribution in [2.24, 2.45) is 0 Å². The fourth-order valence-corrected chi connectivity index (χ4v) is 17.0. The van der Waals surface area contributed by atoms with E-state index in [9.17, 15) is 0 Å². The van der Waals surface area contributed by atoms with E-state index in [0.29, 0.717) is 52.6 Å². The smallest absolute Gasteiger partial charge is 0.178 e. The van der Waals surface area contributed by atoms with E-state index in [-0.39, 0.29) is 5.41 Å². The van der Waals surface area contributed by atoms with Crippen molar-refractivity contribution < 1.29 is 18.9 Å². The molecule has 21 rings (SSSR count). The molecule has 15 aromatic carbocycles. The Morgan fingerprint density at radius 3 is 1.38 bits per heavy atom. The Kier molecular flexibility index (Phi) is 14.3. The van der Waals surface area contributed by atoms with Crippen molar-refractivity contribution >= 4 is 21.5 Å². The zero-order chi connectivity index (χ0) is 71.8. The van der Waals surface area contributed by atoms with Gasteiger partial charge in [0.05, 0.1) is 22.8 Å². The van der Waals surface area contributed by atoms with Gasteiger partial charge in [0.25, 0.3) is 0 Å². The first-order chi connectivity index (χ1) is 53.0. The summed E-state index contributed by atoms with van der Waals surface area (Å²) < 4.78 is 27.5. The summed E-state index contributed by atoms with van der Waals surface area (Å²) in [6, 6.07) is 118. The van der Waals surface area contributed by atoms with Gasteiger partial charge in [0, 0.05) is 55.3 Å². The van der Waals surface area contributed by atoms with Crippen molar-refractivity contribution in [3.63, 3.8) is 0 Å². The molecule has 510 valence electrons. The van der Waals surface area contributed by atoms with E-state index in [4.69, 9.17) is 38.9 Å². The Bertz CT molecular complexity index is 6570. The first-order valence-corrected chi connectivity index (χ1v) is 36.8. The molecule has 8 nitrogen and oxygen atoms in total. The van der Waals surface area contributed by atoms with Gasteiger partial charge < -0.3 is 18.9 Å². The topological polar surface area (TPSA) is 88.5 Å². The number of benzene rings is 15. The molecule has 0 saturated heterocycles. The van der Waals surface area contributed by atoms with Crippen LogP contribution in [0.1, 0.15) is 48.6 Å². The summed E-state index contributed by atoms with van der Waals surface area (Å²) in [5.74, 6) is 6.84. The van der Waals surface area contributed by atoms with Crippen LogP contribution in [0.25, 0.3) is 145 Å². The number of rotatable bonds is 11. The molecule has 17 aromatic rings. The molecular formula is C100H66N4O4. The fraction of sp³-hybridized carbons (Fsp3) is 0.0600. The molecule has 0 saturated carbocycles. The summed E-state index contributed by atoms with van der Waals surface area (Å²) in [7, 11) is 0. The zero-order valence-corrected chi connectivity index (χ0v) is 59.4. The molecule has 0 N–H and O–H groups in total. The molecule has 1 atom stereocenters. The highest BCUT2D eigenvalue weighted by molar-refractivity contribution is 6.08. The lowest BCUT2D eigenvalue weighted by atomic mass is 9.75. The third-order valence-corrected chi connectivity index (χ3v) is 22.5. The normalized spacial score (nSPS) is 14.3. The van der Waals surface area contributed by atoms with Crippen LogP contribution in [-0.4, -0.2) is 19.9 Å². The van der Waals surface area contributed by atoms with Gasteiger partial charge in [-0.3, -0.25) is 0 Å². The van der Waals surface area contributed by atoms with Gasteiger partial charge in [-0.05, 0) is 167 Å². The van der Waals surface area contributed by atoms with Crippen LogP contribution in [0.3, 0.4) is 0 Å². The molecule has 8 heteroatoms. The van der Waals surface area contributed by atoms with Crippen molar-refractivity contribution in [2.45, 2.75) is 38.0 Å².